The van der Waals surface area contributed by atoms with E-state index in [9.17, 15) is 20.0 Å². The minimum Gasteiger partial charge on any atom is -0.508 e. The molecule has 22 heavy (non-hydrogen) atoms. The summed E-state index contributed by atoms with van der Waals surface area (Å²) in [5.74, 6) is -0.0156. The Bertz CT molecular complexity index is 540. The number of nitrogens with zero attached hydrogens (tertiary/aromatic N) is 1. The van der Waals surface area contributed by atoms with Gasteiger partial charge in [0.15, 0.2) is 0 Å². The molecule has 0 spiro atoms. The fourth-order valence-corrected chi connectivity index (χ4v) is 1.62. The highest BCUT2D eigenvalue weighted by molar-refractivity contribution is 5.67. The van der Waals surface area contributed by atoms with Crippen molar-refractivity contribution in [1.29, 1.82) is 0 Å². The van der Waals surface area contributed by atoms with Crippen LogP contribution in [0.4, 0.5) is 10.5 Å². The molecule has 0 bridgehead atoms. The van der Waals surface area contributed by atoms with Crippen molar-refractivity contribution in [1.82, 2.24) is 10.6 Å². The molecule has 8 heteroatoms. The predicted octanol–water partition coefficient (Wildman–Crippen LogP) is 1.91. The lowest BCUT2D eigenvalue weighted by atomic mass is 10.2. The monoisotopic (exact) mass is 311 g/mol. The molecule has 1 amide bonds. The molecular weight excluding hydrogens is 290 g/mol. The number of nitro groups is 1. The van der Waals surface area contributed by atoms with E-state index in [0.717, 1.165) is 0 Å². The van der Waals surface area contributed by atoms with E-state index in [0.29, 0.717) is 18.7 Å². The van der Waals surface area contributed by atoms with Gasteiger partial charge in [-0.3, -0.25) is 10.1 Å². The summed E-state index contributed by atoms with van der Waals surface area (Å²) in [6, 6.07) is 3.83. The van der Waals surface area contributed by atoms with Gasteiger partial charge in [-0.15, -0.1) is 0 Å². The average Bonchev–Trinajstić information content (AvgIpc) is 2.37. The SMILES string of the molecule is CC(C)(C)OC(=O)NCCNCc1cc([N+](=O)[O-])ccc1O. The number of benzene rings is 1. The highest BCUT2D eigenvalue weighted by Crippen LogP contribution is 2.22. The van der Waals surface area contributed by atoms with Crippen molar-refractivity contribution in [2.75, 3.05) is 13.1 Å². The molecule has 122 valence electrons. The summed E-state index contributed by atoms with van der Waals surface area (Å²) in [5, 5.41) is 25.9. The van der Waals surface area contributed by atoms with Crippen molar-refractivity contribution in [2.24, 2.45) is 0 Å². The zero-order valence-electron chi connectivity index (χ0n) is 12.9. The molecule has 0 saturated carbocycles. The molecule has 0 aliphatic heterocycles. The lowest BCUT2D eigenvalue weighted by Gasteiger charge is -2.19. The Balaban J connectivity index is 2.35. The molecule has 1 rings (SSSR count). The van der Waals surface area contributed by atoms with Crippen LogP contribution in [0.3, 0.4) is 0 Å². The molecule has 1 aromatic rings. The number of amides is 1. The second kappa shape index (κ2) is 7.60. The number of aromatic hydroxyl groups is 1. The minimum absolute atomic E-state index is 0.0156. The summed E-state index contributed by atoms with van der Waals surface area (Å²) in [6.07, 6.45) is -0.507. The van der Waals surface area contributed by atoms with Gasteiger partial charge in [-0.1, -0.05) is 0 Å². The van der Waals surface area contributed by atoms with Crippen LogP contribution in [0.25, 0.3) is 0 Å². The lowest BCUT2D eigenvalue weighted by molar-refractivity contribution is -0.384. The molecule has 3 N–H and O–H groups in total. The number of carbonyl (C=O) groups excluding carboxylic acids is 1. The summed E-state index contributed by atoms with van der Waals surface area (Å²) in [4.78, 5) is 21.5. The fourth-order valence-electron chi connectivity index (χ4n) is 1.62. The summed E-state index contributed by atoms with van der Waals surface area (Å²) in [6.45, 7) is 6.34. The number of nitrogens with one attached hydrogen (secondary N) is 2. The maximum Gasteiger partial charge on any atom is 0.407 e. The molecule has 0 radical (unpaired) electrons. The van der Waals surface area contributed by atoms with E-state index in [1.54, 1.807) is 20.8 Å². The standard InChI is InChI=1S/C14H21N3O5/c1-14(2,3)22-13(19)16-7-6-15-9-10-8-11(17(20)21)4-5-12(10)18/h4-5,8,15,18H,6-7,9H2,1-3H3,(H,16,19). The van der Waals surface area contributed by atoms with Crippen LogP contribution < -0.4 is 10.6 Å². The smallest absolute Gasteiger partial charge is 0.407 e. The summed E-state index contributed by atoms with van der Waals surface area (Å²) in [7, 11) is 0. The molecule has 0 aliphatic carbocycles. The molecule has 0 unspecified atom stereocenters. The van der Waals surface area contributed by atoms with E-state index in [4.69, 9.17) is 4.74 Å². The molecule has 0 aliphatic rings. The zero-order chi connectivity index (χ0) is 16.8. The molecule has 0 aromatic heterocycles. The van der Waals surface area contributed by atoms with Gasteiger partial charge in [-0.05, 0) is 26.8 Å². The number of carbonyl (C=O) groups is 1. The Morgan fingerprint density at radius 1 is 1.36 bits per heavy atom. The van der Waals surface area contributed by atoms with Crippen molar-refractivity contribution < 1.29 is 19.6 Å². The van der Waals surface area contributed by atoms with E-state index in [1.807, 2.05) is 0 Å². The van der Waals surface area contributed by atoms with Gasteiger partial charge in [0, 0.05) is 37.3 Å². The highest BCUT2D eigenvalue weighted by atomic mass is 16.6. The first-order valence-electron chi connectivity index (χ1n) is 6.83. The molecule has 0 atom stereocenters. The molecule has 0 fully saturated rings. The van der Waals surface area contributed by atoms with E-state index in [1.165, 1.54) is 18.2 Å². The van der Waals surface area contributed by atoms with Gasteiger partial charge >= 0.3 is 6.09 Å². The second-order valence-corrected chi connectivity index (χ2v) is 5.68. The number of rotatable bonds is 6. The van der Waals surface area contributed by atoms with E-state index in [-0.39, 0.29) is 18.0 Å². The first kappa shape index (κ1) is 17.7. The first-order valence-corrected chi connectivity index (χ1v) is 6.83. The molecule has 0 heterocycles. The van der Waals surface area contributed by atoms with Gasteiger partial charge < -0.3 is 20.5 Å². The van der Waals surface area contributed by atoms with Crippen LogP contribution in [0.5, 0.6) is 5.75 Å². The number of phenols is 1. The van der Waals surface area contributed by atoms with E-state index >= 15 is 0 Å². The normalized spacial score (nSPS) is 11.0. The van der Waals surface area contributed by atoms with E-state index in [2.05, 4.69) is 10.6 Å². The van der Waals surface area contributed by atoms with Gasteiger partial charge in [-0.2, -0.15) is 0 Å². The Morgan fingerprint density at radius 3 is 2.64 bits per heavy atom. The average molecular weight is 311 g/mol. The molecular formula is C14H21N3O5. The van der Waals surface area contributed by atoms with Gasteiger partial charge in [-0.25, -0.2) is 4.79 Å². The number of hydrogen-bond donors (Lipinski definition) is 3. The minimum atomic E-state index is -0.549. The third-order valence-corrected chi connectivity index (χ3v) is 2.56. The quantitative estimate of drug-likeness (QED) is 0.420. The maximum absolute atomic E-state index is 11.4. The Labute approximate surface area is 128 Å². The number of hydrogen-bond acceptors (Lipinski definition) is 6. The van der Waals surface area contributed by atoms with Crippen LogP contribution in [0.2, 0.25) is 0 Å². The number of alkyl carbamates (subject to hydrolysis) is 1. The van der Waals surface area contributed by atoms with Crippen LogP contribution in [0.15, 0.2) is 18.2 Å². The summed E-state index contributed by atoms with van der Waals surface area (Å²) in [5.41, 5.74) is -0.209. The van der Waals surface area contributed by atoms with Crippen molar-refractivity contribution >= 4 is 11.8 Å². The van der Waals surface area contributed by atoms with Gasteiger partial charge in [0.1, 0.15) is 11.4 Å². The zero-order valence-corrected chi connectivity index (χ0v) is 12.9. The maximum atomic E-state index is 11.4. The van der Waals surface area contributed by atoms with Gasteiger partial charge in [0.2, 0.25) is 0 Å². The summed E-state index contributed by atoms with van der Waals surface area (Å²) >= 11 is 0. The number of nitro benzene ring substituents is 1. The lowest BCUT2D eigenvalue weighted by Crippen LogP contribution is -2.36. The third kappa shape index (κ3) is 6.40. The number of phenolic OH excluding ortho intramolecular Hbond substituents is 1. The van der Waals surface area contributed by atoms with Crippen molar-refractivity contribution in [3.05, 3.63) is 33.9 Å². The van der Waals surface area contributed by atoms with Crippen molar-refractivity contribution in [3.8, 4) is 5.75 Å². The molecule has 8 nitrogen and oxygen atoms in total. The fraction of sp³-hybridized carbons (Fsp3) is 0.500. The van der Waals surface area contributed by atoms with Crippen LogP contribution >= 0.6 is 0 Å². The van der Waals surface area contributed by atoms with Crippen LogP contribution in [-0.4, -0.2) is 34.8 Å². The number of ether oxygens (including phenoxy) is 1. The Hall–Kier alpha value is -2.35. The number of non-ortho nitro benzene ring substituents is 1. The molecule has 0 saturated heterocycles. The van der Waals surface area contributed by atoms with Gasteiger partial charge in [0.05, 0.1) is 4.92 Å². The Morgan fingerprint density at radius 2 is 2.05 bits per heavy atom. The third-order valence-electron chi connectivity index (χ3n) is 2.56. The van der Waals surface area contributed by atoms with Crippen molar-refractivity contribution in [2.45, 2.75) is 32.9 Å². The highest BCUT2D eigenvalue weighted by Gasteiger charge is 2.15. The van der Waals surface area contributed by atoms with E-state index < -0.39 is 16.6 Å². The largest absolute Gasteiger partial charge is 0.508 e. The van der Waals surface area contributed by atoms with Crippen molar-refractivity contribution in [3.63, 3.8) is 0 Å². The molecule has 1 aromatic carbocycles. The first-order chi connectivity index (χ1) is 10.2. The second-order valence-electron chi connectivity index (χ2n) is 5.68. The van der Waals surface area contributed by atoms with Gasteiger partial charge in [0.25, 0.3) is 5.69 Å². The van der Waals surface area contributed by atoms with Crippen LogP contribution in [0, 0.1) is 10.1 Å². The topological polar surface area (TPSA) is 114 Å². The van der Waals surface area contributed by atoms with Crippen LogP contribution in [-0.2, 0) is 11.3 Å². The van der Waals surface area contributed by atoms with Crippen LogP contribution in [0.1, 0.15) is 26.3 Å². The Kier molecular flexibility index (Phi) is 6.11. The predicted molar refractivity (Wildman–Crippen MR) is 80.7 cm³/mol. The summed E-state index contributed by atoms with van der Waals surface area (Å²) < 4.78 is 5.07.